The van der Waals surface area contributed by atoms with Gasteiger partial charge >= 0.3 is 0 Å². The number of hydrogen-bond acceptors (Lipinski definition) is 1. The molecule has 3 heteroatoms. The van der Waals surface area contributed by atoms with E-state index in [0.29, 0.717) is 12.8 Å². The molecule has 2 rings (SSSR count). The SMILES string of the molecule is FCC(OC1CCCCC1F)c1ccccc1. The average Bonchev–Trinajstić information content (AvgIpc) is 2.39. The van der Waals surface area contributed by atoms with Crippen molar-refractivity contribution in [3.8, 4) is 0 Å². The highest BCUT2D eigenvalue weighted by Crippen LogP contribution is 2.29. The predicted octanol–water partition coefficient (Wildman–Crippen LogP) is 3.99. The molecule has 0 heterocycles. The quantitative estimate of drug-likeness (QED) is 0.773. The van der Waals surface area contributed by atoms with Crippen molar-refractivity contribution in [3.63, 3.8) is 0 Å². The van der Waals surface area contributed by atoms with Crippen molar-refractivity contribution < 1.29 is 13.5 Å². The zero-order valence-electron chi connectivity index (χ0n) is 9.82. The molecule has 94 valence electrons. The van der Waals surface area contributed by atoms with Crippen LogP contribution in [0.1, 0.15) is 37.4 Å². The van der Waals surface area contributed by atoms with Crippen molar-refractivity contribution in [2.24, 2.45) is 0 Å². The van der Waals surface area contributed by atoms with Gasteiger partial charge in [-0.1, -0.05) is 43.2 Å². The highest BCUT2D eigenvalue weighted by molar-refractivity contribution is 5.17. The largest absolute Gasteiger partial charge is 0.365 e. The molecule has 0 amide bonds. The van der Waals surface area contributed by atoms with Gasteiger partial charge < -0.3 is 4.74 Å². The summed E-state index contributed by atoms with van der Waals surface area (Å²) in [5.74, 6) is 0. The van der Waals surface area contributed by atoms with Crippen LogP contribution in [-0.2, 0) is 4.74 Å². The topological polar surface area (TPSA) is 9.23 Å². The van der Waals surface area contributed by atoms with Gasteiger partial charge in [-0.2, -0.15) is 0 Å². The standard InChI is InChI=1S/C14H18F2O/c15-10-14(11-6-2-1-3-7-11)17-13-9-5-4-8-12(13)16/h1-3,6-7,12-14H,4-5,8-10H2. The zero-order valence-corrected chi connectivity index (χ0v) is 9.82. The molecule has 3 unspecified atom stereocenters. The van der Waals surface area contributed by atoms with E-state index in [1.165, 1.54) is 0 Å². The van der Waals surface area contributed by atoms with Crippen LogP contribution in [0.4, 0.5) is 8.78 Å². The molecule has 1 saturated carbocycles. The maximum absolute atomic E-state index is 13.6. The number of benzene rings is 1. The lowest BCUT2D eigenvalue weighted by molar-refractivity contribution is -0.0773. The minimum Gasteiger partial charge on any atom is -0.365 e. The fourth-order valence-electron chi connectivity index (χ4n) is 2.29. The Kier molecular flexibility index (Phi) is 4.49. The lowest BCUT2D eigenvalue weighted by atomic mass is 9.95. The normalized spacial score (nSPS) is 26.7. The van der Waals surface area contributed by atoms with E-state index < -0.39 is 25.1 Å². The molecule has 0 saturated heterocycles. The molecule has 0 radical (unpaired) electrons. The zero-order chi connectivity index (χ0) is 12.1. The van der Waals surface area contributed by atoms with Crippen molar-refractivity contribution in [3.05, 3.63) is 35.9 Å². The van der Waals surface area contributed by atoms with Crippen molar-refractivity contribution >= 4 is 0 Å². The second-order valence-corrected chi connectivity index (χ2v) is 4.53. The molecule has 0 spiro atoms. The summed E-state index contributed by atoms with van der Waals surface area (Å²) in [5.41, 5.74) is 0.785. The van der Waals surface area contributed by atoms with Crippen LogP contribution in [0.5, 0.6) is 0 Å². The molecule has 3 atom stereocenters. The van der Waals surface area contributed by atoms with Crippen LogP contribution in [0.15, 0.2) is 30.3 Å². The Morgan fingerprint density at radius 3 is 2.53 bits per heavy atom. The number of rotatable bonds is 4. The molecule has 0 N–H and O–H groups in total. The first-order valence-corrected chi connectivity index (χ1v) is 6.21. The summed E-state index contributed by atoms with van der Waals surface area (Å²) in [6.45, 7) is -0.604. The third-order valence-electron chi connectivity index (χ3n) is 3.27. The molecule has 0 aromatic heterocycles. The van der Waals surface area contributed by atoms with Crippen molar-refractivity contribution in [1.29, 1.82) is 0 Å². The van der Waals surface area contributed by atoms with Crippen LogP contribution in [0, 0.1) is 0 Å². The number of ether oxygens (including phenoxy) is 1. The summed E-state index contributed by atoms with van der Waals surface area (Å²) >= 11 is 0. The molecule has 1 fully saturated rings. The first-order valence-electron chi connectivity index (χ1n) is 6.21. The summed E-state index contributed by atoms with van der Waals surface area (Å²) in [7, 11) is 0. The van der Waals surface area contributed by atoms with E-state index in [9.17, 15) is 8.78 Å². The molecule has 1 aliphatic rings. The summed E-state index contributed by atoms with van der Waals surface area (Å²) in [5, 5.41) is 0. The van der Waals surface area contributed by atoms with Crippen LogP contribution in [0.2, 0.25) is 0 Å². The van der Waals surface area contributed by atoms with Crippen molar-refractivity contribution in [1.82, 2.24) is 0 Å². The van der Waals surface area contributed by atoms with E-state index in [2.05, 4.69) is 0 Å². The molecular weight excluding hydrogens is 222 g/mol. The van der Waals surface area contributed by atoms with Crippen LogP contribution in [-0.4, -0.2) is 19.0 Å². The lowest BCUT2D eigenvalue weighted by Crippen LogP contribution is -2.31. The van der Waals surface area contributed by atoms with Gasteiger partial charge in [0.1, 0.15) is 19.0 Å². The van der Waals surface area contributed by atoms with Gasteiger partial charge in [0.2, 0.25) is 0 Å². The van der Waals surface area contributed by atoms with E-state index in [1.807, 2.05) is 30.3 Å². The average molecular weight is 240 g/mol. The van der Waals surface area contributed by atoms with Crippen LogP contribution < -0.4 is 0 Å². The van der Waals surface area contributed by atoms with E-state index in [-0.39, 0.29) is 0 Å². The van der Waals surface area contributed by atoms with Gasteiger partial charge in [-0.3, -0.25) is 0 Å². The van der Waals surface area contributed by atoms with Gasteiger partial charge in [0.25, 0.3) is 0 Å². The second-order valence-electron chi connectivity index (χ2n) is 4.53. The Balaban J connectivity index is 1.99. The van der Waals surface area contributed by atoms with Crippen LogP contribution >= 0.6 is 0 Å². The van der Waals surface area contributed by atoms with Gasteiger partial charge in [-0.15, -0.1) is 0 Å². The number of hydrogen-bond donors (Lipinski definition) is 0. The number of halogens is 2. The Bertz CT molecular complexity index is 328. The Labute approximate surface area is 101 Å². The third kappa shape index (κ3) is 3.25. The number of alkyl halides is 2. The monoisotopic (exact) mass is 240 g/mol. The van der Waals surface area contributed by atoms with Crippen LogP contribution in [0.25, 0.3) is 0 Å². The molecule has 0 aliphatic heterocycles. The fourth-order valence-corrected chi connectivity index (χ4v) is 2.29. The lowest BCUT2D eigenvalue weighted by Gasteiger charge is -2.29. The predicted molar refractivity (Wildman–Crippen MR) is 63.4 cm³/mol. The second kappa shape index (κ2) is 6.10. The molecule has 1 aromatic rings. The van der Waals surface area contributed by atoms with Gasteiger partial charge in [0.05, 0.1) is 6.10 Å². The highest BCUT2D eigenvalue weighted by atomic mass is 19.1. The first kappa shape index (κ1) is 12.5. The van der Waals surface area contributed by atoms with Crippen LogP contribution in [0.3, 0.4) is 0 Å². The summed E-state index contributed by atoms with van der Waals surface area (Å²) < 4.78 is 32.2. The maximum Gasteiger partial charge on any atom is 0.126 e. The molecular formula is C14H18F2O. The molecule has 1 aliphatic carbocycles. The van der Waals surface area contributed by atoms with Gasteiger partial charge in [0.15, 0.2) is 0 Å². The molecule has 1 aromatic carbocycles. The fraction of sp³-hybridized carbons (Fsp3) is 0.571. The first-order chi connectivity index (χ1) is 8.31. The van der Waals surface area contributed by atoms with E-state index in [0.717, 1.165) is 18.4 Å². The minimum atomic E-state index is -0.943. The smallest absolute Gasteiger partial charge is 0.126 e. The molecule has 1 nitrogen and oxygen atoms in total. The summed E-state index contributed by atoms with van der Waals surface area (Å²) in [4.78, 5) is 0. The van der Waals surface area contributed by atoms with E-state index in [1.54, 1.807) is 0 Å². The van der Waals surface area contributed by atoms with E-state index in [4.69, 9.17) is 4.74 Å². The Morgan fingerprint density at radius 2 is 1.88 bits per heavy atom. The third-order valence-corrected chi connectivity index (χ3v) is 3.27. The van der Waals surface area contributed by atoms with Crippen molar-refractivity contribution in [2.75, 3.05) is 6.67 Å². The van der Waals surface area contributed by atoms with Crippen molar-refractivity contribution in [2.45, 2.75) is 44.1 Å². The van der Waals surface area contributed by atoms with Gasteiger partial charge in [0, 0.05) is 0 Å². The van der Waals surface area contributed by atoms with Gasteiger partial charge in [-0.25, -0.2) is 8.78 Å². The van der Waals surface area contributed by atoms with E-state index >= 15 is 0 Å². The molecule has 0 bridgehead atoms. The highest BCUT2D eigenvalue weighted by Gasteiger charge is 2.28. The summed E-state index contributed by atoms with van der Waals surface area (Å²) in [6, 6.07) is 9.20. The maximum atomic E-state index is 13.6. The Hall–Kier alpha value is -0.960. The molecule has 17 heavy (non-hydrogen) atoms. The Morgan fingerprint density at radius 1 is 1.18 bits per heavy atom. The van der Waals surface area contributed by atoms with Gasteiger partial charge in [-0.05, 0) is 18.4 Å². The minimum absolute atomic E-state index is 0.440. The summed E-state index contributed by atoms with van der Waals surface area (Å²) in [6.07, 6.45) is 1.11.